The summed E-state index contributed by atoms with van der Waals surface area (Å²) in [6.45, 7) is 5.21. The molecule has 10 heteroatoms. The van der Waals surface area contributed by atoms with Crippen LogP contribution in [0.4, 0.5) is 0 Å². The van der Waals surface area contributed by atoms with Crippen molar-refractivity contribution in [1.29, 1.82) is 0 Å². The van der Waals surface area contributed by atoms with E-state index in [0.717, 1.165) is 43.5 Å². The van der Waals surface area contributed by atoms with Crippen LogP contribution in [0.2, 0.25) is 0 Å². The number of hydrogen-bond donors (Lipinski definition) is 2. The Morgan fingerprint density at radius 1 is 1.13 bits per heavy atom. The van der Waals surface area contributed by atoms with Gasteiger partial charge in [0.1, 0.15) is 5.76 Å². The first-order valence-corrected chi connectivity index (χ1v) is 13.7. The largest absolute Gasteiger partial charge is 0.497 e. The van der Waals surface area contributed by atoms with E-state index < -0.39 is 41.2 Å². The van der Waals surface area contributed by atoms with Crippen molar-refractivity contribution < 1.29 is 43.5 Å². The summed E-state index contributed by atoms with van der Waals surface area (Å²) in [5.41, 5.74) is -1.42. The molecule has 1 spiro atoms. The van der Waals surface area contributed by atoms with Crippen molar-refractivity contribution in [2.75, 3.05) is 34.1 Å². The van der Waals surface area contributed by atoms with E-state index in [-0.39, 0.29) is 19.1 Å². The van der Waals surface area contributed by atoms with E-state index in [1.165, 1.54) is 7.11 Å². The van der Waals surface area contributed by atoms with Gasteiger partial charge in [0, 0.05) is 6.54 Å². The number of ether oxygens (including phenoxy) is 5. The minimum absolute atomic E-state index is 0.0686. The van der Waals surface area contributed by atoms with Crippen LogP contribution in [-0.2, 0) is 30.2 Å². The highest BCUT2D eigenvalue weighted by molar-refractivity contribution is 5.86. The monoisotopic (exact) mass is 545 g/mol. The molecule has 0 saturated carbocycles. The van der Waals surface area contributed by atoms with Crippen molar-refractivity contribution in [2.24, 2.45) is 0 Å². The fourth-order valence-electron chi connectivity index (χ4n) is 6.71. The average molecular weight is 546 g/mol. The molecule has 1 fully saturated rings. The summed E-state index contributed by atoms with van der Waals surface area (Å²) in [5.74, 6) is -0.0645. The van der Waals surface area contributed by atoms with E-state index in [1.54, 1.807) is 21.0 Å². The molecular weight excluding hydrogens is 506 g/mol. The molecular formula is C29H39NO9. The van der Waals surface area contributed by atoms with Gasteiger partial charge in [-0.3, -0.25) is 9.69 Å². The summed E-state index contributed by atoms with van der Waals surface area (Å²) in [6, 6.07) is 4.00. The maximum Gasteiger partial charge on any atom is 0.339 e. The molecule has 1 aliphatic carbocycles. The van der Waals surface area contributed by atoms with Crippen LogP contribution in [-0.4, -0.2) is 84.0 Å². The number of benzene rings is 1. The highest BCUT2D eigenvalue weighted by Gasteiger charge is 2.59. The van der Waals surface area contributed by atoms with Crippen molar-refractivity contribution in [3.8, 4) is 11.5 Å². The molecule has 4 atom stereocenters. The van der Waals surface area contributed by atoms with E-state index >= 15 is 0 Å². The quantitative estimate of drug-likeness (QED) is 0.448. The van der Waals surface area contributed by atoms with Gasteiger partial charge in [0.2, 0.25) is 6.79 Å². The molecule has 2 N–H and O–H groups in total. The molecule has 1 aromatic carbocycles. The summed E-state index contributed by atoms with van der Waals surface area (Å²) >= 11 is 0. The molecule has 3 aliphatic heterocycles. The zero-order chi connectivity index (χ0) is 28.0. The first-order chi connectivity index (χ1) is 18.5. The Hall–Kier alpha value is -2.82. The Morgan fingerprint density at radius 2 is 1.87 bits per heavy atom. The zero-order valence-corrected chi connectivity index (χ0v) is 23.2. The molecule has 214 valence electrons. The molecule has 1 unspecified atom stereocenters. The number of nitrogens with zero attached hydrogens (tertiary/aromatic N) is 1. The molecule has 0 radical (unpaired) electrons. The van der Waals surface area contributed by atoms with Crippen molar-refractivity contribution >= 4 is 11.9 Å². The Balaban J connectivity index is 1.50. The van der Waals surface area contributed by atoms with Crippen LogP contribution in [0.15, 0.2) is 24.0 Å². The Bertz CT molecular complexity index is 1160. The lowest BCUT2D eigenvalue weighted by Gasteiger charge is -2.39. The molecule has 0 amide bonds. The van der Waals surface area contributed by atoms with Crippen LogP contribution in [0.1, 0.15) is 69.4 Å². The third kappa shape index (κ3) is 5.10. The van der Waals surface area contributed by atoms with Gasteiger partial charge in [-0.15, -0.1) is 0 Å². The molecule has 1 saturated heterocycles. The summed E-state index contributed by atoms with van der Waals surface area (Å²) in [5, 5.41) is 21.6. The molecule has 0 aromatic heterocycles. The van der Waals surface area contributed by atoms with Crippen molar-refractivity contribution in [3.63, 3.8) is 0 Å². The van der Waals surface area contributed by atoms with E-state index in [1.807, 2.05) is 12.1 Å². The van der Waals surface area contributed by atoms with E-state index in [9.17, 15) is 19.8 Å². The molecule has 0 bridgehead atoms. The molecule has 5 rings (SSSR count). The number of methoxy groups -OCH3 is 2. The van der Waals surface area contributed by atoms with Gasteiger partial charge < -0.3 is 33.9 Å². The summed E-state index contributed by atoms with van der Waals surface area (Å²) in [4.78, 5) is 28.4. The smallest absolute Gasteiger partial charge is 0.339 e. The third-order valence-corrected chi connectivity index (χ3v) is 8.62. The summed E-state index contributed by atoms with van der Waals surface area (Å²) < 4.78 is 28.1. The third-order valence-electron chi connectivity index (χ3n) is 8.62. The standard InChI is InChI=1S/C29H39NO9/c1-27(2,33)8-5-10-29(34,16-23(31)36-4)26(32)39-25-22(35-3)15-28-9-6-11-30(28)12-7-18-13-20-21(38-17-37-20)14-19(18)24(25)28/h13-15,24-25,33-34H,5-12,16-17H2,1-4H3/t24-,25-,28?,29-/m1/s1. The van der Waals surface area contributed by atoms with Crippen LogP contribution in [0.3, 0.4) is 0 Å². The van der Waals surface area contributed by atoms with Crippen LogP contribution in [0.25, 0.3) is 0 Å². The first kappa shape index (κ1) is 27.7. The second-order valence-corrected chi connectivity index (χ2v) is 11.7. The van der Waals surface area contributed by atoms with Gasteiger partial charge in [-0.2, -0.15) is 0 Å². The lowest BCUT2D eigenvalue weighted by molar-refractivity contribution is -0.178. The molecule has 4 aliphatic rings. The zero-order valence-electron chi connectivity index (χ0n) is 23.2. The maximum atomic E-state index is 13.8. The fraction of sp³-hybridized carbons (Fsp3) is 0.655. The minimum atomic E-state index is -2.12. The number of rotatable bonds is 9. The predicted molar refractivity (Wildman–Crippen MR) is 139 cm³/mol. The van der Waals surface area contributed by atoms with Gasteiger partial charge in [0.05, 0.1) is 37.7 Å². The van der Waals surface area contributed by atoms with Crippen LogP contribution < -0.4 is 9.47 Å². The van der Waals surface area contributed by atoms with E-state index in [2.05, 4.69) is 11.0 Å². The van der Waals surface area contributed by atoms with Crippen molar-refractivity contribution in [3.05, 3.63) is 35.1 Å². The molecule has 39 heavy (non-hydrogen) atoms. The predicted octanol–water partition coefficient (Wildman–Crippen LogP) is 2.58. The number of hydrogen-bond acceptors (Lipinski definition) is 10. The van der Waals surface area contributed by atoms with Crippen molar-refractivity contribution in [2.45, 2.75) is 87.6 Å². The van der Waals surface area contributed by atoms with Crippen molar-refractivity contribution in [1.82, 2.24) is 4.90 Å². The second-order valence-electron chi connectivity index (χ2n) is 11.7. The molecule has 3 heterocycles. The van der Waals surface area contributed by atoms with Crippen LogP contribution >= 0.6 is 0 Å². The van der Waals surface area contributed by atoms with Crippen LogP contribution in [0, 0.1) is 0 Å². The highest BCUT2D eigenvalue weighted by atomic mass is 16.7. The normalized spacial score (nSPS) is 27.0. The number of aliphatic hydroxyl groups is 2. The van der Waals surface area contributed by atoms with Gasteiger partial charge >= 0.3 is 11.9 Å². The average Bonchev–Trinajstić information content (AvgIpc) is 3.56. The second kappa shape index (κ2) is 10.3. The lowest BCUT2D eigenvalue weighted by Crippen LogP contribution is -2.49. The number of esters is 2. The summed E-state index contributed by atoms with van der Waals surface area (Å²) in [6.07, 6.45) is 3.94. The highest BCUT2D eigenvalue weighted by Crippen LogP contribution is 2.55. The topological polar surface area (TPSA) is 124 Å². The number of carbonyl (C=O) groups is 2. The Morgan fingerprint density at radius 3 is 2.56 bits per heavy atom. The molecule has 1 aromatic rings. The van der Waals surface area contributed by atoms with Gasteiger partial charge in [-0.1, -0.05) is 0 Å². The van der Waals surface area contributed by atoms with E-state index in [4.69, 9.17) is 23.7 Å². The van der Waals surface area contributed by atoms with Gasteiger partial charge in [-0.25, -0.2) is 4.79 Å². The Labute approximate surface area is 228 Å². The van der Waals surface area contributed by atoms with Gasteiger partial charge in [-0.05, 0) is 88.3 Å². The van der Waals surface area contributed by atoms with E-state index in [0.29, 0.717) is 30.1 Å². The van der Waals surface area contributed by atoms with Gasteiger partial charge in [0.25, 0.3) is 0 Å². The first-order valence-electron chi connectivity index (χ1n) is 13.7. The number of fused-ring (bicyclic) bond motifs is 3. The molecule has 10 nitrogen and oxygen atoms in total. The lowest BCUT2D eigenvalue weighted by atomic mass is 9.77. The van der Waals surface area contributed by atoms with Gasteiger partial charge in [0.15, 0.2) is 23.2 Å². The SMILES string of the molecule is COC(=O)C[C@](O)(CCCC(C)(C)O)C(=O)O[C@@H]1C(OC)=CC23CCCN2CCc2cc4c(cc2[C@H]13)OCO4. The fourth-order valence-corrected chi connectivity index (χ4v) is 6.71. The summed E-state index contributed by atoms with van der Waals surface area (Å²) in [7, 11) is 2.76. The maximum absolute atomic E-state index is 13.8. The minimum Gasteiger partial charge on any atom is -0.497 e. The van der Waals surface area contributed by atoms with Crippen LogP contribution in [0.5, 0.6) is 11.5 Å². The number of carbonyl (C=O) groups excluding carboxylic acids is 2. The Kier molecular flexibility index (Phi) is 7.32.